The third-order valence-electron chi connectivity index (χ3n) is 1.26. The van der Waals surface area contributed by atoms with Gasteiger partial charge in [0.2, 0.25) is 12.2 Å². The highest BCUT2D eigenvalue weighted by atomic mass is 16.7. The average molecular weight is 141 g/mol. The van der Waals surface area contributed by atoms with E-state index in [1.54, 1.807) is 7.11 Å². The maximum atomic E-state index is 5.20. The SMILES string of the molecule is C=C(C)C1=NCC(OC)O1. The van der Waals surface area contributed by atoms with E-state index in [0.717, 1.165) is 5.57 Å². The molecule has 10 heavy (non-hydrogen) atoms. The van der Waals surface area contributed by atoms with E-state index in [4.69, 9.17) is 9.47 Å². The van der Waals surface area contributed by atoms with Gasteiger partial charge in [0, 0.05) is 12.7 Å². The Hall–Kier alpha value is -0.830. The monoisotopic (exact) mass is 141 g/mol. The normalized spacial score (nSPS) is 23.8. The predicted molar refractivity (Wildman–Crippen MR) is 39.0 cm³/mol. The number of hydrogen-bond donors (Lipinski definition) is 0. The molecule has 0 aromatic carbocycles. The largest absolute Gasteiger partial charge is 0.446 e. The molecule has 0 radical (unpaired) electrons. The fourth-order valence-corrected chi connectivity index (χ4v) is 0.715. The van der Waals surface area contributed by atoms with Crippen molar-refractivity contribution in [3.8, 4) is 0 Å². The molecule has 0 aliphatic carbocycles. The lowest BCUT2D eigenvalue weighted by Gasteiger charge is -2.07. The zero-order valence-corrected chi connectivity index (χ0v) is 6.26. The summed E-state index contributed by atoms with van der Waals surface area (Å²) in [6, 6.07) is 0. The van der Waals surface area contributed by atoms with E-state index >= 15 is 0 Å². The third-order valence-corrected chi connectivity index (χ3v) is 1.26. The van der Waals surface area contributed by atoms with Gasteiger partial charge in [-0.1, -0.05) is 6.58 Å². The fraction of sp³-hybridized carbons (Fsp3) is 0.571. The molecule has 1 atom stereocenters. The van der Waals surface area contributed by atoms with Crippen LogP contribution in [0.2, 0.25) is 0 Å². The standard InChI is InChI=1S/C7H11NO2/c1-5(2)7-8-4-6(9-3)10-7/h6H,1,4H2,2-3H3. The highest BCUT2D eigenvalue weighted by Gasteiger charge is 2.18. The summed E-state index contributed by atoms with van der Waals surface area (Å²) in [5, 5.41) is 0. The van der Waals surface area contributed by atoms with Gasteiger partial charge in [-0.2, -0.15) is 0 Å². The second kappa shape index (κ2) is 2.84. The van der Waals surface area contributed by atoms with E-state index in [0.29, 0.717) is 12.4 Å². The van der Waals surface area contributed by atoms with Crippen LogP contribution < -0.4 is 0 Å². The van der Waals surface area contributed by atoms with Crippen LogP contribution >= 0.6 is 0 Å². The Bertz CT molecular complexity index is 174. The number of methoxy groups -OCH3 is 1. The van der Waals surface area contributed by atoms with Crippen LogP contribution in [0.1, 0.15) is 6.92 Å². The van der Waals surface area contributed by atoms with Crippen molar-refractivity contribution in [1.82, 2.24) is 0 Å². The molecule has 0 amide bonds. The zero-order chi connectivity index (χ0) is 7.56. The maximum Gasteiger partial charge on any atom is 0.221 e. The summed E-state index contributed by atoms with van der Waals surface area (Å²) >= 11 is 0. The highest BCUT2D eigenvalue weighted by molar-refractivity contribution is 5.93. The number of rotatable bonds is 2. The summed E-state index contributed by atoms with van der Waals surface area (Å²) in [6.45, 7) is 6.13. The Balaban J connectivity index is 2.47. The molecule has 0 aromatic rings. The number of hydrogen-bond acceptors (Lipinski definition) is 3. The molecule has 0 spiro atoms. The summed E-state index contributed by atoms with van der Waals surface area (Å²) in [7, 11) is 1.60. The first-order chi connectivity index (χ1) is 4.74. The van der Waals surface area contributed by atoms with E-state index in [1.165, 1.54) is 0 Å². The quantitative estimate of drug-likeness (QED) is 0.573. The minimum absolute atomic E-state index is 0.202. The van der Waals surface area contributed by atoms with Crippen LogP contribution in [0.4, 0.5) is 0 Å². The molecule has 56 valence electrons. The summed E-state index contributed by atoms with van der Waals surface area (Å²) in [5.41, 5.74) is 0.847. The molecule has 1 aliphatic rings. The third kappa shape index (κ3) is 1.36. The van der Waals surface area contributed by atoms with Crippen molar-refractivity contribution in [2.75, 3.05) is 13.7 Å². The summed E-state index contributed by atoms with van der Waals surface area (Å²) in [4.78, 5) is 4.06. The molecule has 1 heterocycles. The Morgan fingerprint density at radius 3 is 2.90 bits per heavy atom. The predicted octanol–water partition coefficient (Wildman–Crippen LogP) is 0.964. The van der Waals surface area contributed by atoms with E-state index in [-0.39, 0.29) is 6.29 Å². The zero-order valence-electron chi connectivity index (χ0n) is 6.26. The first-order valence-electron chi connectivity index (χ1n) is 3.14. The van der Waals surface area contributed by atoms with Crippen molar-refractivity contribution < 1.29 is 9.47 Å². The minimum Gasteiger partial charge on any atom is -0.446 e. The molecule has 1 aliphatic heterocycles. The Morgan fingerprint density at radius 2 is 2.60 bits per heavy atom. The fourth-order valence-electron chi connectivity index (χ4n) is 0.715. The second-order valence-electron chi connectivity index (χ2n) is 2.21. The van der Waals surface area contributed by atoms with Crippen LogP contribution in [-0.4, -0.2) is 25.8 Å². The average Bonchev–Trinajstić information content (AvgIpc) is 2.34. The lowest BCUT2D eigenvalue weighted by Crippen LogP contribution is -2.14. The summed E-state index contributed by atoms with van der Waals surface area (Å²) < 4.78 is 10.1. The minimum atomic E-state index is -0.202. The van der Waals surface area contributed by atoms with Crippen LogP contribution in [0, 0.1) is 0 Å². The molecule has 3 nitrogen and oxygen atoms in total. The van der Waals surface area contributed by atoms with Gasteiger partial charge in [-0.3, -0.25) is 0 Å². The molecule has 0 fully saturated rings. The molecule has 0 saturated carbocycles. The van der Waals surface area contributed by atoms with Crippen molar-refractivity contribution in [3.63, 3.8) is 0 Å². The van der Waals surface area contributed by atoms with Crippen molar-refractivity contribution in [3.05, 3.63) is 12.2 Å². The molecule has 1 rings (SSSR count). The number of ether oxygens (including phenoxy) is 2. The molecule has 3 heteroatoms. The molecular weight excluding hydrogens is 130 g/mol. The lowest BCUT2D eigenvalue weighted by molar-refractivity contribution is -0.0403. The molecule has 0 saturated heterocycles. The maximum absolute atomic E-state index is 5.20. The van der Waals surface area contributed by atoms with Crippen molar-refractivity contribution in [2.24, 2.45) is 4.99 Å². The summed E-state index contributed by atoms with van der Waals surface area (Å²) in [5.74, 6) is 0.617. The van der Waals surface area contributed by atoms with Gasteiger partial charge in [0.25, 0.3) is 0 Å². The number of nitrogens with zero attached hydrogens (tertiary/aromatic N) is 1. The van der Waals surface area contributed by atoms with Crippen LogP contribution in [0.15, 0.2) is 17.1 Å². The number of aliphatic imine (C=N–C) groups is 1. The molecular formula is C7H11NO2. The van der Waals surface area contributed by atoms with Gasteiger partial charge in [-0.05, 0) is 6.92 Å². The van der Waals surface area contributed by atoms with Crippen molar-refractivity contribution >= 4 is 5.90 Å². The van der Waals surface area contributed by atoms with Gasteiger partial charge in [0.05, 0.1) is 0 Å². The van der Waals surface area contributed by atoms with Gasteiger partial charge in [-0.15, -0.1) is 0 Å². The van der Waals surface area contributed by atoms with E-state index < -0.39 is 0 Å². The summed E-state index contributed by atoms with van der Waals surface area (Å²) in [6.07, 6.45) is -0.202. The van der Waals surface area contributed by atoms with Crippen LogP contribution in [0.3, 0.4) is 0 Å². The van der Waals surface area contributed by atoms with Crippen molar-refractivity contribution in [2.45, 2.75) is 13.2 Å². The van der Waals surface area contributed by atoms with Gasteiger partial charge < -0.3 is 9.47 Å². The smallest absolute Gasteiger partial charge is 0.221 e. The van der Waals surface area contributed by atoms with E-state index in [9.17, 15) is 0 Å². The lowest BCUT2D eigenvalue weighted by atomic mass is 10.4. The Morgan fingerprint density at radius 1 is 1.90 bits per heavy atom. The van der Waals surface area contributed by atoms with E-state index in [1.807, 2.05) is 6.92 Å². The molecule has 0 N–H and O–H groups in total. The van der Waals surface area contributed by atoms with Crippen molar-refractivity contribution in [1.29, 1.82) is 0 Å². The molecule has 1 unspecified atom stereocenters. The first kappa shape index (κ1) is 7.28. The van der Waals surface area contributed by atoms with Gasteiger partial charge in [-0.25, -0.2) is 4.99 Å². The van der Waals surface area contributed by atoms with E-state index in [2.05, 4.69) is 11.6 Å². The second-order valence-corrected chi connectivity index (χ2v) is 2.21. The molecule has 0 aromatic heterocycles. The Kier molecular flexibility index (Phi) is 2.06. The highest BCUT2D eigenvalue weighted by Crippen LogP contribution is 2.09. The Labute approximate surface area is 60.4 Å². The van der Waals surface area contributed by atoms with Gasteiger partial charge >= 0.3 is 0 Å². The molecule has 0 bridgehead atoms. The van der Waals surface area contributed by atoms with Crippen LogP contribution in [0.5, 0.6) is 0 Å². The van der Waals surface area contributed by atoms with Gasteiger partial charge in [0.1, 0.15) is 6.54 Å². The topological polar surface area (TPSA) is 30.8 Å². The van der Waals surface area contributed by atoms with Crippen LogP contribution in [-0.2, 0) is 9.47 Å². The first-order valence-corrected chi connectivity index (χ1v) is 3.14. The van der Waals surface area contributed by atoms with Gasteiger partial charge in [0.15, 0.2) is 0 Å². The van der Waals surface area contributed by atoms with Crippen LogP contribution in [0.25, 0.3) is 0 Å².